The summed E-state index contributed by atoms with van der Waals surface area (Å²) in [5.74, 6) is -0.0293. The molecule has 0 radical (unpaired) electrons. The van der Waals surface area contributed by atoms with Gasteiger partial charge in [0.05, 0.1) is 31.1 Å². The Balaban J connectivity index is 1.41. The third-order valence-corrected chi connectivity index (χ3v) is 5.91. The minimum absolute atomic E-state index is 0.0293. The summed E-state index contributed by atoms with van der Waals surface area (Å²) < 4.78 is 0. The molecule has 3 aromatic rings. The molecule has 32 heavy (non-hydrogen) atoms. The number of non-ortho nitro benzene ring substituents is 1. The van der Waals surface area contributed by atoms with Crippen LogP contribution in [0.5, 0.6) is 0 Å². The van der Waals surface area contributed by atoms with E-state index in [0.29, 0.717) is 13.1 Å². The smallest absolute Gasteiger partial charge is 0.269 e. The van der Waals surface area contributed by atoms with Crippen molar-refractivity contribution in [2.24, 2.45) is 0 Å². The lowest BCUT2D eigenvalue weighted by Gasteiger charge is -2.36. The highest BCUT2D eigenvalue weighted by atomic mass is 16.6. The van der Waals surface area contributed by atoms with Crippen LogP contribution in [0.1, 0.15) is 22.7 Å². The van der Waals surface area contributed by atoms with Crippen LogP contribution in [0.15, 0.2) is 91.0 Å². The van der Waals surface area contributed by atoms with E-state index in [1.165, 1.54) is 28.2 Å². The molecule has 0 unspecified atom stereocenters. The first kappa shape index (κ1) is 21.5. The SMILES string of the molecule is O=C(/C=C/c1ccc([N+](=O)[O-])cc1)N1CC[NH+](C(c2ccccc2)c2ccccc2)CC1. The Morgan fingerprint density at radius 2 is 1.41 bits per heavy atom. The van der Waals surface area contributed by atoms with Crippen molar-refractivity contribution >= 4 is 17.7 Å². The number of carbonyl (C=O) groups excluding carboxylic acids is 1. The van der Waals surface area contributed by atoms with Gasteiger partial charge in [0.1, 0.15) is 6.04 Å². The normalized spacial score (nSPS) is 14.7. The molecule has 1 saturated heterocycles. The molecule has 0 spiro atoms. The molecule has 6 heteroatoms. The van der Waals surface area contributed by atoms with Crippen molar-refractivity contribution in [3.63, 3.8) is 0 Å². The van der Waals surface area contributed by atoms with Gasteiger partial charge in [-0.25, -0.2) is 0 Å². The van der Waals surface area contributed by atoms with Gasteiger partial charge < -0.3 is 9.80 Å². The van der Waals surface area contributed by atoms with Crippen LogP contribution >= 0.6 is 0 Å². The second-order valence-electron chi connectivity index (χ2n) is 7.92. The molecule has 0 aliphatic carbocycles. The molecule has 1 heterocycles. The number of rotatable bonds is 6. The molecule has 4 rings (SSSR count). The lowest BCUT2D eigenvalue weighted by atomic mass is 9.96. The minimum Gasteiger partial charge on any atom is -0.328 e. The van der Waals surface area contributed by atoms with Crippen LogP contribution in [0.25, 0.3) is 6.08 Å². The Hall–Kier alpha value is -3.77. The fourth-order valence-corrected chi connectivity index (χ4v) is 4.24. The largest absolute Gasteiger partial charge is 0.328 e. The molecule has 0 aromatic heterocycles. The predicted molar refractivity (Wildman–Crippen MR) is 124 cm³/mol. The molecule has 0 saturated carbocycles. The van der Waals surface area contributed by atoms with Gasteiger partial charge in [-0.3, -0.25) is 14.9 Å². The first-order chi connectivity index (χ1) is 15.6. The first-order valence-electron chi connectivity index (χ1n) is 10.8. The zero-order chi connectivity index (χ0) is 22.3. The van der Waals surface area contributed by atoms with Crippen LogP contribution in [0.3, 0.4) is 0 Å². The number of carbonyl (C=O) groups is 1. The zero-order valence-electron chi connectivity index (χ0n) is 17.8. The lowest BCUT2D eigenvalue weighted by molar-refractivity contribution is -0.929. The molecule has 1 amide bonds. The van der Waals surface area contributed by atoms with Crippen LogP contribution in [0.2, 0.25) is 0 Å². The summed E-state index contributed by atoms with van der Waals surface area (Å²) in [5, 5.41) is 10.8. The second-order valence-corrected chi connectivity index (χ2v) is 7.92. The summed E-state index contributed by atoms with van der Waals surface area (Å²) in [7, 11) is 0. The topological polar surface area (TPSA) is 67.9 Å². The average Bonchev–Trinajstić information content (AvgIpc) is 2.85. The summed E-state index contributed by atoms with van der Waals surface area (Å²) in [4.78, 5) is 26.3. The molecular weight excluding hydrogens is 402 g/mol. The van der Waals surface area contributed by atoms with Crippen molar-refractivity contribution < 1.29 is 14.6 Å². The highest BCUT2D eigenvalue weighted by Gasteiger charge is 2.30. The van der Waals surface area contributed by atoms with Crippen LogP contribution in [0, 0.1) is 10.1 Å². The maximum Gasteiger partial charge on any atom is 0.269 e. The molecule has 1 aliphatic heterocycles. The molecule has 3 aromatic carbocycles. The molecule has 0 bridgehead atoms. The Kier molecular flexibility index (Phi) is 6.72. The predicted octanol–water partition coefficient (Wildman–Crippen LogP) is 3.12. The summed E-state index contributed by atoms with van der Waals surface area (Å²) in [5.41, 5.74) is 3.37. The van der Waals surface area contributed by atoms with Gasteiger partial charge in [-0.1, -0.05) is 60.7 Å². The Morgan fingerprint density at radius 3 is 1.91 bits per heavy atom. The van der Waals surface area contributed by atoms with Crippen LogP contribution in [-0.2, 0) is 4.79 Å². The number of piperazine rings is 1. The monoisotopic (exact) mass is 428 g/mol. The Morgan fingerprint density at radius 1 is 0.875 bits per heavy atom. The highest BCUT2D eigenvalue weighted by molar-refractivity contribution is 5.91. The number of hydrogen-bond donors (Lipinski definition) is 1. The van der Waals surface area contributed by atoms with Gasteiger partial charge in [-0.05, 0) is 23.8 Å². The van der Waals surface area contributed by atoms with E-state index in [0.717, 1.165) is 18.7 Å². The van der Waals surface area contributed by atoms with Crippen LogP contribution < -0.4 is 4.90 Å². The van der Waals surface area contributed by atoms with Crippen molar-refractivity contribution in [3.05, 3.63) is 118 Å². The molecule has 162 valence electrons. The molecule has 1 fully saturated rings. The van der Waals surface area contributed by atoms with Gasteiger partial charge >= 0.3 is 0 Å². The van der Waals surface area contributed by atoms with E-state index in [1.807, 2.05) is 17.0 Å². The number of benzene rings is 3. The number of nitro benzene ring substituents is 1. The van der Waals surface area contributed by atoms with Crippen molar-refractivity contribution in [2.75, 3.05) is 26.2 Å². The van der Waals surface area contributed by atoms with E-state index >= 15 is 0 Å². The van der Waals surface area contributed by atoms with E-state index < -0.39 is 4.92 Å². The molecular formula is C26H26N3O3+. The standard InChI is InChI=1S/C26H25N3O3/c30-25(16-13-21-11-14-24(15-12-21)29(31)32)27-17-19-28(20-18-27)26(22-7-3-1-4-8-22)23-9-5-2-6-10-23/h1-16,26H,17-20H2/p+1/b16-13+. The van der Waals surface area contributed by atoms with Crippen molar-refractivity contribution in [2.45, 2.75) is 6.04 Å². The summed E-state index contributed by atoms with van der Waals surface area (Å²) in [6.45, 7) is 3.11. The summed E-state index contributed by atoms with van der Waals surface area (Å²) >= 11 is 0. The van der Waals surface area contributed by atoms with E-state index in [2.05, 4.69) is 48.5 Å². The average molecular weight is 429 g/mol. The van der Waals surface area contributed by atoms with Gasteiger partial charge in [0.15, 0.2) is 0 Å². The van der Waals surface area contributed by atoms with E-state index in [9.17, 15) is 14.9 Å². The minimum atomic E-state index is -0.432. The van der Waals surface area contributed by atoms with Crippen molar-refractivity contribution in [1.82, 2.24) is 4.90 Å². The lowest BCUT2D eigenvalue weighted by Crippen LogP contribution is -3.15. The zero-order valence-corrected chi connectivity index (χ0v) is 17.8. The van der Waals surface area contributed by atoms with E-state index in [-0.39, 0.29) is 17.6 Å². The fraction of sp³-hybridized carbons (Fsp3) is 0.192. The summed E-state index contributed by atoms with van der Waals surface area (Å²) in [6, 6.07) is 27.5. The molecule has 1 N–H and O–H groups in total. The summed E-state index contributed by atoms with van der Waals surface area (Å²) in [6.07, 6.45) is 3.26. The van der Waals surface area contributed by atoms with Gasteiger partial charge in [0.25, 0.3) is 5.69 Å². The Bertz CT molecular complexity index is 1030. The van der Waals surface area contributed by atoms with Gasteiger partial charge in [0, 0.05) is 29.3 Å². The maximum absolute atomic E-state index is 12.7. The number of quaternary nitrogens is 1. The van der Waals surface area contributed by atoms with Crippen molar-refractivity contribution in [1.29, 1.82) is 0 Å². The Labute approximate surface area is 187 Å². The van der Waals surface area contributed by atoms with Gasteiger partial charge in [0.2, 0.25) is 5.91 Å². The molecule has 6 nitrogen and oxygen atoms in total. The molecule has 0 atom stereocenters. The number of hydrogen-bond acceptors (Lipinski definition) is 3. The van der Waals surface area contributed by atoms with Crippen LogP contribution in [0.4, 0.5) is 5.69 Å². The van der Waals surface area contributed by atoms with Gasteiger partial charge in [-0.2, -0.15) is 0 Å². The van der Waals surface area contributed by atoms with E-state index in [4.69, 9.17) is 0 Å². The number of nitrogens with one attached hydrogen (secondary N) is 1. The van der Waals surface area contributed by atoms with Crippen LogP contribution in [-0.4, -0.2) is 41.9 Å². The third-order valence-electron chi connectivity index (χ3n) is 5.91. The second kappa shape index (κ2) is 10.0. The number of nitro groups is 1. The van der Waals surface area contributed by atoms with E-state index in [1.54, 1.807) is 24.3 Å². The highest BCUT2D eigenvalue weighted by Crippen LogP contribution is 2.19. The maximum atomic E-state index is 12.7. The van der Waals surface area contributed by atoms with Crippen molar-refractivity contribution in [3.8, 4) is 0 Å². The third kappa shape index (κ3) is 5.10. The number of amides is 1. The molecule has 1 aliphatic rings. The quantitative estimate of drug-likeness (QED) is 0.373. The number of nitrogens with zero attached hydrogens (tertiary/aromatic N) is 2. The first-order valence-corrected chi connectivity index (χ1v) is 10.8. The fourth-order valence-electron chi connectivity index (χ4n) is 4.24. The van der Waals surface area contributed by atoms with Gasteiger partial charge in [-0.15, -0.1) is 0 Å².